The molecular formula is C11H11N5. The van der Waals surface area contributed by atoms with Gasteiger partial charge in [-0.2, -0.15) is 5.26 Å². The Morgan fingerprint density at radius 3 is 3.06 bits per heavy atom. The van der Waals surface area contributed by atoms with Crippen LogP contribution in [0, 0.1) is 11.3 Å². The normalized spacial score (nSPS) is 11.8. The fourth-order valence-corrected chi connectivity index (χ4v) is 1.38. The highest BCUT2D eigenvalue weighted by atomic mass is 15.1. The first-order chi connectivity index (χ1) is 7.79. The smallest absolute Gasteiger partial charge is 0.142 e. The van der Waals surface area contributed by atoms with E-state index in [1.165, 1.54) is 0 Å². The van der Waals surface area contributed by atoms with Crippen molar-refractivity contribution in [1.29, 1.82) is 5.26 Å². The van der Waals surface area contributed by atoms with Gasteiger partial charge in [0.2, 0.25) is 0 Å². The van der Waals surface area contributed by atoms with Crippen molar-refractivity contribution in [2.24, 2.45) is 0 Å². The summed E-state index contributed by atoms with van der Waals surface area (Å²) in [5.74, 6) is 1.51. The number of hydrogen-bond acceptors (Lipinski definition) is 4. The molecule has 0 aliphatic rings. The Hall–Kier alpha value is -2.35. The molecule has 1 unspecified atom stereocenters. The van der Waals surface area contributed by atoms with Gasteiger partial charge in [-0.25, -0.2) is 9.97 Å². The zero-order chi connectivity index (χ0) is 11.4. The Morgan fingerprint density at radius 2 is 2.38 bits per heavy atom. The van der Waals surface area contributed by atoms with Crippen molar-refractivity contribution in [3.05, 3.63) is 42.1 Å². The third-order valence-electron chi connectivity index (χ3n) is 2.16. The van der Waals surface area contributed by atoms with Gasteiger partial charge in [-0.3, -0.25) is 0 Å². The molecule has 1 atom stereocenters. The number of imidazole rings is 1. The number of aromatic amines is 1. The lowest BCUT2D eigenvalue weighted by molar-refractivity contribution is 0.803. The number of anilines is 1. The first-order valence-electron chi connectivity index (χ1n) is 4.92. The summed E-state index contributed by atoms with van der Waals surface area (Å²) in [6, 6.07) is 7.31. The second-order valence-corrected chi connectivity index (χ2v) is 3.36. The molecule has 16 heavy (non-hydrogen) atoms. The van der Waals surface area contributed by atoms with Gasteiger partial charge in [-0.1, -0.05) is 6.07 Å². The molecule has 0 saturated carbocycles. The van der Waals surface area contributed by atoms with Crippen molar-refractivity contribution in [1.82, 2.24) is 15.0 Å². The Labute approximate surface area is 93.2 Å². The number of rotatable bonds is 3. The summed E-state index contributed by atoms with van der Waals surface area (Å²) in [6.45, 7) is 1.97. The van der Waals surface area contributed by atoms with Gasteiger partial charge < -0.3 is 10.3 Å². The largest absolute Gasteiger partial charge is 0.360 e. The molecule has 2 heterocycles. The average molecular weight is 213 g/mol. The summed E-state index contributed by atoms with van der Waals surface area (Å²) in [4.78, 5) is 11.3. The fraction of sp³-hybridized carbons (Fsp3) is 0.182. The van der Waals surface area contributed by atoms with E-state index in [9.17, 15) is 0 Å². The van der Waals surface area contributed by atoms with Crippen molar-refractivity contribution in [2.75, 3.05) is 5.32 Å². The van der Waals surface area contributed by atoms with E-state index in [2.05, 4.69) is 20.3 Å². The van der Waals surface area contributed by atoms with Gasteiger partial charge in [0, 0.05) is 12.4 Å². The number of aromatic nitrogens is 3. The molecule has 0 radical (unpaired) electrons. The Balaban J connectivity index is 2.12. The highest BCUT2D eigenvalue weighted by molar-refractivity contribution is 5.39. The van der Waals surface area contributed by atoms with E-state index in [0.29, 0.717) is 11.5 Å². The maximum Gasteiger partial charge on any atom is 0.142 e. The van der Waals surface area contributed by atoms with E-state index in [1.807, 2.05) is 19.1 Å². The van der Waals surface area contributed by atoms with E-state index < -0.39 is 0 Å². The summed E-state index contributed by atoms with van der Waals surface area (Å²) in [5, 5.41) is 11.9. The van der Waals surface area contributed by atoms with Gasteiger partial charge in [-0.05, 0) is 19.1 Å². The van der Waals surface area contributed by atoms with Crippen LogP contribution < -0.4 is 5.32 Å². The molecule has 80 valence electrons. The Morgan fingerprint density at radius 1 is 1.50 bits per heavy atom. The predicted octanol–water partition coefficient (Wildman–Crippen LogP) is 1.85. The summed E-state index contributed by atoms with van der Waals surface area (Å²) in [6.07, 6.45) is 3.47. The van der Waals surface area contributed by atoms with Gasteiger partial charge in [0.1, 0.15) is 23.4 Å². The quantitative estimate of drug-likeness (QED) is 0.815. The van der Waals surface area contributed by atoms with Crippen molar-refractivity contribution in [2.45, 2.75) is 13.0 Å². The number of hydrogen-bond donors (Lipinski definition) is 2. The van der Waals surface area contributed by atoms with Crippen LogP contribution in [-0.2, 0) is 0 Å². The van der Waals surface area contributed by atoms with Gasteiger partial charge in [0.05, 0.1) is 6.04 Å². The van der Waals surface area contributed by atoms with Gasteiger partial charge in [0.25, 0.3) is 0 Å². The van der Waals surface area contributed by atoms with Gasteiger partial charge in [0.15, 0.2) is 0 Å². The van der Waals surface area contributed by atoms with Crippen LogP contribution in [0.4, 0.5) is 5.82 Å². The van der Waals surface area contributed by atoms with Crippen LogP contribution in [0.25, 0.3) is 0 Å². The molecule has 2 N–H and O–H groups in total. The van der Waals surface area contributed by atoms with Crippen LogP contribution >= 0.6 is 0 Å². The van der Waals surface area contributed by atoms with Crippen LogP contribution in [0.5, 0.6) is 0 Å². The second kappa shape index (κ2) is 4.45. The molecule has 2 aromatic heterocycles. The zero-order valence-electron chi connectivity index (χ0n) is 8.81. The summed E-state index contributed by atoms with van der Waals surface area (Å²) < 4.78 is 0. The highest BCUT2D eigenvalue weighted by Gasteiger charge is 2.07. The maximum absolute atomic E-state index is 8.72. The standard InChI is InChI=1S/C11H11N5/c1-8(11-13-5-6-14-11)15-10-4-2-3-9(7-12)16-10/h2-6,8H,1H3,(H,13,14)(H,15,16). The number of nitriles is 1. The fourth-order valence-electron chi connectivity index (χ4n) is 1.38. The molecule has 0 saturated heterocycles. The number of pyridine rings is 1. The minimum atomic E-state index is 0.0245. The lowest BCUT2D eigenvalue weighted by Crippen LogP contribution is -2.09. The Bertz CT molecular complexity index is 497. The van der Waals surface area contributed by atoms with E-state index in [0.717, 1.165) is 5.82 Å². The number of H-pyrrole nitrogens is 1. The van der Waals surface area contributed by atoms with Crippen molar-refractivity contribution in [3.8, 4) is 6.07 Å². The topological polar surface area (TPSA) is 77.4 Å². The van der Waals surface area contributed by atoms with Crippen molar-refractivity contribution in [3.63, 3.8) is 0 Å². The third-order valence-corrected chi connectivity index (χ3v) is 2.16. The maximum atomic E-state index is 8.72. The lowest BCUT2D eigenvalue weighted by atomic mass is 10.3. The number of nitrogens with zero attached hydrogens (tertiary/aromatic N) is 3. The van der Waals surface area contributed by atoms with Crippen LogP contribution in [0.1, 0.15) is 24.5 Å². The molecule has 0 bridgehead atoms. The average Bonchev–Trinajstić information content (AvgIpc) is 2.83. The highest BCUT2D eigenvalue weighted by Crippen LogP contribution is 2.14. The van der Waals surface area contributed by atoms with Crippen LogP contribution in [0.3, 0.4) is 0 Å². The zero-order valence-corrected chi connectivity index (χ0v) is 8.81. The molecule has 0 aromatic carbocycles. The minimum absolute atomic E-state index is 0.0245. The van der Waals surface area contributed by atoms with Crippen LogP contribution in [-0.4, -0.2) is 15.0 Å². The SMILES string of the molecule is CC(Nc1cccc(C#N)n1)c1ncc[nH]1. The van der Waals surface area contributed by atoms with E-state index in [-0.39, 0.29) is 6.04 Å². The second-order valence-electron chi connectivity index (χ2n) is 3.36. The van der Waals surface area contributed by atoms with Gasteiger partial charge >= 0.3 is 0 Å². The predicted molar refractivity (Wildman–Crippen MR) is 59.6 cm³/mol. The molecule has 2 aromatic rings. The molecular weight excluding hydrogens is 202 g/mol. The third kappa shape index (κ3) is 2.17. The molecule has 0 amide bonds. The van der Waals surface area contributed by atoms with Crippen LogP contribution in [0.2, 0.25) is 0 Å². The summed E-state index contributed by atoms with van der Waals surface area (Å²) in [7, 11) is 0. The van der Waals surface area contributed by atoms with Crippen molar-refractivity contribution < 1.29 is 0 Å². The lowest BCUT2D eigenvalue weighted by Gasteiger charge is -2.11. The first-order valence-corrected chi connectivity index (χ1v) is 4.92. The van der Waals surface area contributed by atoms with E-state index in [4.69, 9.17) is 5.26 Å². The number of nitrogens with one attached hydrogen (secondary N) is 2. The minimum Gasteiger partial charge on any atom is -0.360 e. The summed E-state index contributed by atoms with van der Waals surface area (Å²) >= 11 is 0. The van der Waals surface area contributed by atoms with E-state index in [1.54, 1.807) is 24.5 Å². The molecule has 2 rings (SSSR count). The molecule has 0 aliphatic heterocycles. The first kappa shape index (κ1) is 10.2. The van der Waals surface area contributed by atoms with Crippen molar-refractivity contribution >= 4 is 5.82 Å². The molecule has 5 heteroatoms. The molecule has 0 aliphatic carbocycles. The van der Waals surface area contributed by atoms with E-state index >= 15 is 0 Å². The Kier molecular flexibility index (Phi) is 2.83. The monoisotopic (exact) mass is 213 g/mol. The molecule has 0 fully saturated rings. The summed E-state index contributed by atoms with van der Waals surface area (Å²) in [5.41, 5.74) is 0.400. The molecule has 0 spiro atoms. The molecule has 5 nitrogen and oxygen atoms in total. The van der Waals surface area contributed by atoms with Gasteiger partial charge in [-0.15, -0.1) is 0 Å². The van der Waals surface area contributed by atoms with Crippen LogP contribution in [0.15, 0.2) is 30.6 Å².